The molecule has 0 radical (unpaired) electrons. The second kappa shape index (κ2) is 9.34. The minimum Gasteiger partial charge on any atom is -0.394 e. The second-order valence-electron chi connectivity index (χ2n) is 7.93. The highest BCUT2D eigenvalue weighted by atomic mass is 79.9. The SMILES string of the molecule is CCC(O)CN(C)CCON=C1/C(=C2/C(=O)Nc3ccc(Br)cc32)Cc2ccccc21. The molecule has 2 aliphatic rings. The largest absolute Gasteiger partial charge is 0.394 e. The first kappa shape index (κ1) is 21.7. The van der Waals surface area contributed by atoms with Crippen LogP contribution in [0.2, 0.25) is 0 Å². The minimum absolute atomic E-state index is 0.114. The number of fused-ring (bicyclic) bond motifs is 2. The van der Waals surface area contributed by atoms with E-state index in [2.05, 4.69) is 32.5 Å². The van der Waals surface area contributed by atoms with Crippen molar-refractivity contribution in [2.45, 2.75) is 25.9 Å². The molecule has 4 rings (SSSR count). The van der Waals surface area contributed by atoms with Crippen molar-refractivity contribution in [2.24, 2.45) is 5.16 Å². The van der Waals surface area contributed by atoms with E-state index in [0.717, 1.165) is 38.8 Å². The summed E-state index contributed by atoms with van der Waals surface area (Å²) < 4.78 is 0.920. The number of hydrogen-bond donors (Lipinski definition) is 2. The topological polar surface area (TPSA) is 74.2 Å². The van der Waals surface area contributed by atoms with Crippen molar-refractivity contribution >= 4 is 38.8 Å². The summed E-state index contributed by atoms with van der Waals surface area (Å²) in [7, 11) is 1.95. The van der Waals surface area contributed by atoms with Crippen molar-refractivity contribution in [3.05, 3.63) is 69.2 Å². The number of nitrogens with zero attached hydrogens (tertiary/aromatic N) is 2. The molecule has 1 atom stereocenters. The number of aliphatic hydroxyl groups excluding tert-OH is 1. The minimum atomic E-state index is -0.338. The van der Waals surface area contributed by atoms with Crippen LogP contribution in [0.1, 0.15) is 30.0 Å². The molecule has 2 aromatic carbocycles. The number of anilines is 1. The molecule has 2 aromatic rings. The zero-order chi connectivity index (χ0) is 22.0. The Hall–Kier alpha value is -2.48. The number of nitrogens with one attached hydrogen (secondary N) is 1. The van der Waals surface area contributed by atoms with Crippen molar-refractivity contribution in [3.63, 3.8) is 0 Å². The van der Waals surface area contributed by atoms with Gasteiger partial charge in [-0.1, -0.05) is 52.3 Å². The van der Waals surface area contributed by atoms with Gasteiger partial charge in [0.1, 0.15) is 12.3 Å². The fourth-order valence-corrected chi connectivity index (χ4v) is 4.34. The average molecular weight is 484 g/mol. The van der Waals surface area contributed by atoms with Crippen LogP contribution in [0.15, 0.2) is 57.7 Å². The lowest BCUT2D eigenvalue weighted by atomic mass is 9.98. The number of carbonyl (C=O) groups excluding carboxylic acids is 1. The van der Waals surface area contributed by atoms with E-state index >= 15 is 0 Å². The van der Waals surface area contributed by atoms with Crippen LogP contribution < -0.4 is 5.32 Å². The summed E-state index contributed by atoms with van der Waals surface area (Å²) in [6, 6.07) is 13.8. The van der Waals surface area contributed by atoms with Crippen molar-refractivity contribution in [1.29, 1.82) is 0 Å². The van der Waals surface area contributed by atoms with Gasteiger partial charge in [0.05, 0.1) is 11.7 Å². The van der Waals surface area contributed by atoms with Crippen LogP contribution in [0, 0.1) is 0 Å². The van der Waals surface area contributed by atoms with Crippen LogP contribution in [-0.2, 0) is 16.1 Å². The molecular weight excluding hydrogens is 458 g/mol. The van der Waals surface area contributed by atoms with E-state index < -0.39 is 0 Å². The van der Waals surface area contributed by atoms with Crippen molar-refractivity contribution in [3.8, 4) is 0 Å². The number of amides is 1. The third kappa shape index (κ3) is 4.59. The lowest BCUT2D eigenvalue weighted by molar-refractivity contribution is -0.110. The number of carbonyl (C=O) groups is 1. The summed E-state index contributed by atoms with van der Waals surface area (Å²) >= 11 is 3.51. The quantitative estimate of drug-likeness (QED) is 0.356. The van der Waals surface area contributed by atoms with E-state index in [4.69, 9.17) is 4.84 Å². The van der Waals surface area contributed by atoms with E-state index in [1.807, 2.05) is 55.3 Å². The Labute approximate surface area is 190 Å². The monoisotopic (exact) mass is 483 g/mol. The average Bonchev–Trinajstić information content (AvgIpc) is 3.27. The fourth-order valence-electron chi connectivity index (χ4n) is 3.98. The highest BCUT2D eigenvalue weighted by Gasteiger charge is 2.34. The molecule has 1 amide bonds. The van der Waals surface area contributed by atoms with Gasteiger partial charge in [-0.25, -0.2) is 0 Å². The number of hydrogen-bond acceptors (Lipinski definition) is 5. The van der Waals surface area contributed by atoms with Crippen LogP contribution in [0.3, 0.4) is 0 Å². The van der Waals surface area contributed by atoms with Crippen molar-refractivity contribution in [1.82, 2.24) is 4.90 Å². The Morgan fingerprint density at radius 3 is 2.87 bits per heavy atom. The Balaban J connectivity index is 1.62. The molecule has 0 bridgehead atoms. The summed E-state index contributed by atoms with van der Waals surface area (Å²) in [5.41, 5.74) is 6.06. The van der Waals surface area contributed by atoms with Gasteiger partial charge in [0.25, 0.3) is 5.91 Å². The zero-order valence-electron chi connectivity index (χ0n) is 17.7. The number of halogens is 1. The lowest BCUT2D eigenvalue weighted by Gasteiger charge is -2.18. The molecule has 0 aromatic heterocycles. The van der Waals surface area contributed by atoms with Gasteiger partial charge in [-0.05, 0) is 42.8 Å². The van der Waals surface area contributed by atoms with Crippen LogP contribution in [0.5, 0.6) is 0 Å². The molecule has 0 fully saturated rings. The maximum absolute atomic E-state index is 12.9. The number of benzene rings is 2. The molecule has 31 heavy (non-hydrogen) atoms. The first-order valence-corrected chi connectivity index (χ1v) is 11.3. The van der Waals surface area contributed by atoms with Gasteiger partial charge < -0.3 is 20.2 Å². The summed E-state index contributed by atoms with van der Waals surface area (Å²) in [5, 5.41) is 17.2. The molecule has 0 saturated carbocycles. The third-order valence-corrected chi connectivity index (χ3v) is 6.16. The van der Waals surface area contributed by atoms with Crippen LogP contribution in [0.4, 0.5) is 5.69 Å². The predicted molar refractivity (Wildman–Crippen MR) is 126 cm³/mol. The zero-order valence-corrected chi connectivity index (χ0v) is 19.3. The van der Waals surface area contributed by atoms with Crippen LogP contribution >= 0.6 is 15.9 Å². The standard InChI is InChI=1S/C24H26BrN3O3/c1-3-17(29)14-28(2)10-11-31-27-23-18-7-5-4-6-15(18)12-20(23)22-19-13-16(25)8-9-21(19)26-24(22)30/h4-9,13,17,29H,3,10-12,14H2,1-2H3,(H,26,30)/b22-20+,27-23?. The van der Waals surface area contributed by atoms with Gasteiger partial charge in [-0.3, -0.25) is 4.79 Å². The lowest BCUT2D eigenvalue weighted by Crippen LogP contribution is -2.31. The predicted octanol–water partition coefficient (Wildman–Crippen LogP) is 3.83. The van der Waals surface area contributed by atoms with Crippen molar-refractivity contribution < 1.29 is 14.7 Å². The third-order valence-electron chi connectivity index (χ3n) is 5.67. The normalized spacial score (nSPS) is 19.5. The summed E-state index contributed by atoms with van der Waals surface area (Å²) in [6.07, 6.45) is 1.02. The summed E-state index contributed by atoms with van der Waals surface area (Å²) in [5.74, 6) is -0.114. The molecule has 1 aliphatic heterocycles. The smallest absolute Gasteiger partial charge is 0.256 e. The summed E-state index contributed by atoms with van der Waals surface area (Å²) in [6.45, 7) is 3.61. The van der Waals surface area contributed by atoms with Gasteiger partial charge in [-0.2, -0.15) is 0 Å². The van der Waals surface area contributed by atoms with E-state index in [-0.39, 0.29) is 12.0 Å². The van der Waals surface area contributed by atoms with Crippen LogP contribution in [0.25, 0.3) is 5.57 Å². The second-order valence-corrected chi connectivity index (χ2v) is 8.84. The molecule has 1 unspecified atom stereocenters. The molecule has 1 heterocycles. The number of likely N-dealkylation sites (N-methyl/N-ethyl adjacent to an activating group) is 1. The Morgan fingerprint density at radius 1 is 1.26 bits per heavy atom. The fraction of sp³-hybridized carbons (Fsp3) is 0.333. The Morgan fingerprint density at radius 2 is 2.06 bits per heavy atom. The molecule has 6 nitrogen and oxygen atoms in total. The van der Waals surface area contributed by atoms with E-state index in [9.17, 15) is 9.90 Å². The maximum atomic E-state index is 12.9. The van der Waals surface area contributed by atoms with Gasteiger partial charge in [0.15, 0.2) is 0 Å². The molecule has 7 heteroatoms. The van der Waals surface area contributed by atoms with Gasteiger partial charge in [0, 0.05) is 40.8 Å². The van der Waals surface area contributed by atoms with Gasteiger partial charge >= 0.3 is 0 Å². The van der Waals surface area contributed by atoms with E-state index in [1.54, 1.807) is 0 Å². The number of rotatable bonds is 7. The molecular formula is C24H26BrN3O3. The molecule has 0 spiro atoms. The number of oxime groups is 1. The molecule has 2 N–H and O–H groups in total. The molecule has 0 saturated heterocycles. The van der Waals surface area contributed by atoms with Crippen LogP contribution in [-0.4, -0.2) is 54.5 Å². The Kier molecular flexibility index (Phi) is 6.55. The number of aliphatic hydroxyl groups is 1. The van der Waals surface area contributed by atoms with E-state index in [1.165, 1.54) is 0 Å². The van der Waals surface area contributed by atoms with Crippen molar-refractivity contribution in [2.75, 3.05) is 32.1 Å². The molecule has 162 valence electrons. The van der Waals surface area contributed by atoms with Gasteiger partial charge in [-0.15, -0.1) is 0 Å². The highest BCUT2D eigenvalue weighted by molar-refractivity contribution is 9.10. The first-order valence-electron chi connectivity index (χ1n) is 10.5. The van der Waals surface area contributed by atoms with E-state index in [0.29, 0.717) is 37.4 Å². The molecule has 1 aliphatic carbocycles. The maximum Gasteiger partial charge on any atom is 0.256 e. The summed E-state index contributed by atoms with van der Waals surface area (Å²) in [4.78, 5) is 20.6. The first-order chi connectivity index (χ1) is 15.0. The highest BCUT2D eigenvalue weighted by Crippen LogP contribution is 2.40. The van der Waals surface area contributed by atoms with Gasteiger partial charge in [0.2, 0.25) is 0 Å². The Bertz CT molecular complexity index is 1060. The number of allylic oxidation sites excluding steroid dienone is 1.